The molecule has 1 aliphatic rings. The first-order valence-corrected chi connectivity index (χ1v) is 7.57. The third kappa shape index (κ3) is 3.77. The Morgan fingerprint density at radius 3 is 2.89 bits per heavy atom. The van der Waals surface area contributed by atoms with Crippen molar-refractivity contribution < 1.29 is 4.74 Å². The first-order valence-electron chi connectivity index (χ1n) is 6.75. The largest absolute Gasteiger partial charge is 0.378 e. The van der Waals surface area contributed by atoms with E-state index in [9.17, 15) is 0 Å². The summed E-state index contributed by atoms with van der Waals surface area (Å²) in [6.45, 7) is 10.6. The summed E-state index contributed by atoms with van der Waals surface area (Å²) in [6.07, 6.45) is 4.64. The van der Waals surface area contributed by atoms with E-state index in [1.165, 1.54) is 9.88 Å². The van der Waals surface area contributed by atoms with Crippen LogP contribution in [0.4, 0.5) is 0 Å². The highest BCUT2D eigenvalue weighted by Gasteiger charge is 2.20. The second-order valence-electron chi connectivity index (χ2n) is 6.17. The molecule has 4 heteroatoms. The minimum atomic E-state index is 0.163. The zero-order chi connectivity index (χ0) is 13.2. The monoisotopic (exact) mass is 268 g/mol. The van der Waals surface area contributed by atoms with E-state index in [2.05, 4.69) is 38.0 Å². The molecule has 0 amide bonds. The van der Waals surface area contributed by atoms with E-state index in [-0.39, 0.29) is 5.41 Å². The van der Waals surface area contributed by atoms with Crippen LogP contribution in [0.15, 0.2) is 6.20 Å². The Morgan fingerprint density at radius 2 is 2.28 bits per heavy atom. The third-order valence-corrected chi connectivity index (χ3v) is 4.67. The highest BCUT2D eigenvalue weighted by Crippen LogP contribution is 2.26. The zero-order valence-electron chi connectivity index (χ0n) is 11.8. The van der Waals surface area contributed by atoms with Gasteiger partial charge in [0.05, 0.1) is 11.1 Å². The van der Waals surface area contributed by atoms with Crippen LogP contribution in [0.3, 0.4) is 0 Å². The summed E-state index contributed by atoms with van der Waals surface area (Å²) >= 11 is 1.82. The van der Waals surface area contributed by atoms with Crippen molar-refractivity contribution >= 4 is 11.3 Å². The molecule has 2 unspecified atom stereocenters. The van der Waals surface area contributed by atoms with Gasteiger partial charge in [0.25, 0.3) is 0 Å². The molecule has 2 rings (SSSR count). The van der Waals surface area contributed by atoms with Crippen molar-refractivity contribution in [3.8, 4) is 0 Å². The van der Waals surface area contributed by atoms with Crippen LogP contribution < -0.4 is 5.32 Å². The second kappa shape index (κ2) is 5.68. The number of hydrogen-bond acceptors (Lipinski definition) is 4. The van der Waals surface area contributed by atoms with E-state index in [0.29, 0.717) is 12.1 Å². The molecule has 0 bridgehead atoms. The molecular weight excluding hydrogens is 244 g/mol. The summed E-state index contributed by atoms with van der Waals surface area (Å²) in [6, 6.07) is 0.592. The minimum Gasteiger partial charge on any atom is -0.378 e. The summed E-state index contributed by atoms with van der Waals surface area (Å²) < 4.78 is 5.56. The molecule has 18 heavy (non-hydrogen) atoms. The van der Waals surface area contributed by atoms with Gasteiger partial charge in [-0.05, 0) is 19.8 Å². The van der Waals surface area contributed by atoms with E-state index in [4.69, 9.17) is 4.74 Å². The molecule has 0 aliphatic carbocycles. The lowest BCUT2D eigenvalue weighted by Gasteiger charge is -2.27. The van der Waals surface area contributed by atoms with Gasteiger partial charge in [-0.2, -0.15) is 0 Å². The molecule has 1 fully saturated rings. The highest BCUT2D eigenvalue weighted by molar-refractivity contribution is 7.11. The molecule has 1 saturated heterocycles. The number of thiazole rings is 1. The van der Waals surface area contributed by atoms with Crippen molar-refractivity contribution in [2.45, 2.75) is 64.6 Å². The van der Waals surface area contributed by atoms with Crippen LogP contribution in [0.1, 0.15) is 50.4 Å². The predicted molar refractivity (Wildman–Crippen MR) is 76.1 cm³/mol. The first kappa shape index (κ1) is 14.0. The number of aromatic nitrogens is 1. The summed E-state index contributed by atoms with van der Waals surface area (Å²) in [5, 5.41) is 4.85. The molecular formula is C14H24N2OS. The van der Waals surface area contributed by atoms with Crippen LogP contribution in [-0.2, 0) is 16.7 Å². The normalized spacial score (nSPS) is 25.3. The molecule has 102 valence electrons. The fourth-order valence-electron chi connectivity index (χ4n) is 2.16. The molecule has 1 aromatic heterocycles. The van der Waals surface area contributed by atoms with Gasteiger partial charge in [-0.1, -0.05) is 20.8 Å². The third-order valence-electron chi connectivity index (χ3n) is 3.25. The first-order chi connectivity index (χ1) is 8.45. The van der Waals surface area contributed by atoms with Crippen LogP contribution in [0.5, 0.6) is 0 Å². The summed E-state index contributed by atoms with van der Waals surface area (Å²) in [5.41, 5.74) is 0.163. The Hall–Kier alpha value is -0.450. The van der Waals surface area contributed by atoms with Crippen molar-refractivity contribution in [1.29, 1.82) is 0 Å². The number of nitrogens with one attached hydrogen (secondary N) is 1. The molecule has 0 saturated carbocycles. The van der Waals surface area contributed by atoms with Crippen molar-refractivity contribution in [3.63, 3.8) is 0 Å². The maximum absolute atomic E-state index is 5.56. The molecule has 1 aliphatic heterocycles. The molecule has 2 heterocycles. The van der Waals surface area contributed by atoms with Gasteiger partial charge in [-0.3, -0.25) is 0 Å². The van der Waals surface area contributed by atoms with E-state index >= 15 is 0 Å². The van der Waals surface area contributed by atoms with Crippen LogP contribution in [0, 0.1) is 0 Å². The van der Waals surface area contributed by atoms with Crippen LogP contribution in [0.2, 0.25) is 0 Å². The number of hydrogen-bond donors (Lipinski definition) is 1. The highest BCUT2D eigenvalue weighted by atomic mass is 32.1. The van der Waals surface area contributed by atoms with E-state index in [1.807, 2.05) is 17.5 Å². The van der Waals surface area contributed by atoms with E-state index < -0.39 is 0 Å². The van der Waals surface area contributed by atoms with Crippen LogP contribution >= 0.6 is 11.3 Å². The van der Waals surface area contributed by atoms with E-state index in [0.717, 1.165) is 26.0 Å². The SMILES string of the molecule is CC1CC(NCc2cnc(C(C)(C)C)s2)CCO1. The quantitative estimate of drug-likeness (QED) is 0.914. The minimum absolute atomic E-state index is 0.163. The summed E-state index contributed by atoms with van der Waals surface area (Å²) in [4.78, 5) is 5.85. The lowest BCUT2D eigenvalue weighted by Crippen LogP contribution is -2.37. The van der Waals surface area contributed by atoms with Crippen molar-refractivity contribution in [1.82, 2.24) is 10.3 Å². The second-order valence-corrected chi connectivity index (χ2v) is 7.28. The predicted octanol–water partition coefficient (Wildman–Crippen LogP) is 3.10. The lowest BCUT2D eigenvalue weighted by atomic mass is 9.98. The fourth-order valence-corrected chi connectivity index (χ4v) is 3.09. The Balaban J connectivity index is 1.85. The van der Waals surface area contributed by atoms with Crippen molar-refractivity contribution in [2.75, 3.05) is 6.61 Å². The van der Waals surface area contributed by atoms with Gasteiger partial charge in [-0.15, -0.1) is 11.3 Å². The molecule has 0 radical (unpaired) electrons. The zero-order valence-corrected chi connectivity index (χ0v) is 12.6. The molecule has 1 aromatic rings. The summed E-state index contributed by atoms with van der Waals surface area (Å²) in [7, 11) is 0. The van der Waals surface area contributed by atoms with Gasteiger partial charge in [-0.25, -0.2) is 4.98 Å². The van der Waals surface area contributed by atoms with Crippen molar-refractivity contribution in [3.05, 3.63) is 16.1 Å². The van der Waals surface area contributed by atoms with Gasteiger partial charge in [0, 0.05) is 35.7 Å². The maximum atomic E-state index is 5.56. The smallest absolute Gasteiger partial charge is 0.0981 e. The fraction of sp³-hybridized carbons (Fsp3) is 0.786. The molecule has 2 atom stereocenters. The molecule has 3 nitrogen and oxygen atoms in total. The maximum Gasteiger partial charge on any atom is 0.0981 e. The topological polar surface area (TPSA) is 34.2 Å². The average molecular weight is 268 g/mol. The summed E-state index contributed by atoms with van der Waals surface area (Å²) in [5.74, 6) is 0. The van der Waals surface area contributed by atoms with Gasteiger partial charge >= 0.3 is 0 Å². The molecule has 0 aromatic carbocycles. The number of nitrogens with zero attached hydrogens (tertiary/aromatic N) is 1. The van der Waals surface area contributed by atoms with E-state index in [1.54, 1.807) is 0 Å². The Labute approximate surface area is 114 Å². The Morgan fingerprint density at radius 1 is 1.50 bits per heavy atom. The van der Waals surface area contributed by atoms with Crippen LogP contribution in [-0.4, -0.2) is 23.7 Å². The van der Waals surface area contributed by atoms with Crippen molar-refractivity contribution in [2.24, 2.45) is 0 Å². The Bertz CT molecular complexity index is 383. The Kier molecular flexibility index (Phi) is 4.41. The average Bonchev–Trinajstić information content (AvgIpc) is 2.74. The number of ether oxygens (including phenoxy) is 1. The molecule has 0 spiro atoms. The van der Waals surface area contributed by atoms with Gasteiger partial charge < -0.3 is 10.1 Å². The van der Waals surface area contributed by atoms with Gasteiger partial charge in [0.15, 0.2) is 0 Å². The lowest BCUT2D eigenvalue weighted by molar-refractivity contribution is 0.0131. The number of rotatable bonds is 3. The molecule has 1 N–H and O–H groups in total. The van der Waals surface area contributed by atoms with Crippen LogP contribution in [0.25, 0.3) is 0 Å². The standard InChI is InChI=1S/C14H24N2OS/c1-10-7-11(5-6-17-10)15-8-12-9-16-13(18-12)14(2,3)4/h9-11,15H,5-8H2,1-4H3. The van der Waals surface area contributed by atoms with Gasteiger partial charge in [0.2, 0.25) is 0 Å². The van der Waals surface area contributed by atoms with Gasteiger partial charge in [0.1, 0.15) is 0 Å².